The highest BCUT2D eigenvalue weighted by Crippen LogP contribution is 2.22. The van der Waals surface area contributed by atoms with E-state index in [2.05, 4.69) is 35.5 Å². The smallest absolute Gasteiger partial charge is 0.177 e. The minimum Gasteiger partial charge on any atom is -0.374 e. The van der Waals surface area contributed by atoms with E-state index in [0.717, 1.165) is 22.6 Å². The van der Waals surface area contributed by atoms with Gasteiger partial charge in [0.2, 0.25) is 0 Å². The van der Waals surface area contributed by atoms with E-state index < -0.39 is 0 Å². The number of rotatable bonds is 5. The van der Waals surface area contributed by atoms with E-state index in [9.17, 15) is 0 Å². The molecule has 0 unspecified atom stereocenters. The van der Waals surface area contributed by atoms with Gasteiger partial charge in [-0.3, -0.25) is 0 Å². The second-order valence-electron chi connectivity index (χ2n) is 5.12. The predicted octanol–water partition coefficient (Wildman–Crippen LogP) is 4.03. The number of ether oxygens (including phenoxy) is 1. The number of nitrogens with zero attached hydrogens (tertiary/aromatic N) is 1. The van der Waals surface area contributed by atoms with Crippen molar-refractivity contribution in [3.63, 3.8) is 0 Å². The molecule has 0 spiro atoms. The first-order chi connectivity index (χ1) is 9.03. The first-order valence-electron chi connectivity index (χ1n) is 6.51. The summed E-state index contributed by atoms with van der Waals surface area (Å²) in [5.41, 5.74) is 2.01. The van der Waals surface area contributed by atoms with Gasteiger partial charge >= 0.3 is 0 Å². The van der Waals surface area contributed by atoms with Gasteiger partial charge in [-0.1, -0.05) is 30.3 Å². The van der Waals surface area contributed by atoms with Crippen molar-refractivity contribution in [2.24, 2.45) is 0 Å². The van der Waals surface area contributed by atoms with E-state index in [1.165, 1.54) is 0 Å². The third-order valence-corrected chi connectivity index (χ3v) is 3.35. The van der Waals surface area contributed by atoms with Crippen molar-refractivity contribution in [1.82, 2.24) is 9.55 Å². The molecule has 4 heteroatoms. The zero-order valence-corrected chi connectivity index (χ0v) is 12.5. The zero-order valence-electron chi connectivity index (χ0n) is 11.6. The molecule has 0 amide bonds. The Balaban J connectivity index is 2.37. The molecule has 0 fully saturated rings. The Kier molecular flexibility index (Phi) is 4.22. The van der Waals surface area contributed by atoms with Crippen LogP contribution in [0.5, 0.6) is 0 Å². The van der Waals surface area contributed by atoms with Crippen molar-refractivity contribution in [3.8, 4) is 11.3 Å². The van der Waals surface area contributed by atoms with Gasteiger partial charge in [0.1, 0.15) is 0 Å². The van der Waals surface area contributed by atoms with Crippen LogP contribution in [-0.4, -0.2) is 21.8 Å². The minimum absolute atomic E-state index is 0.237. The van der Waals surface area contributed by atoms with E-state index >= 15 is 0 Å². The van der Waals surface area contributed by atoms with Gasteiger partial charge in [0, 0.05) is 12.8 Å². The Labute approximate surface area is 119 Å². The van der Waals surface area contributed by atoms with Crippen LogP contribution in [0.1, 0.15) is 20.8 Å². The average molecular weight is 276 g/mol. The van der Waals surface area contributed by atoms with Crippen LogP contribution in [-0.2, 0) is 11.3 Å². The van der Waals surface area contributed by atoms with Crippen LogP contribution < -0.4 is 0 Å². The van der Waals surface area contributed by atoms with Gasteiger partial charge in [0.05, 0.1) is 17.8 Å². The van der Waals surface area contributed by atoms with Crippen molar-refractivity contribution in [2.45, 2.75) is 32.9 Å². The van der Waals surface area contributed by atoms with Gasteiger partial charge in [-0.05, 0) is 38.6 Å². The Bertz CT molecular complexity index is 584. The third kappa shape index (κ3) is 3.33. The molecule has 3 nitrogen and oxygen atoms in total. The van der Waals surface area contributed by atoms with E-state index in [4.69, 9.17) is 17.0 Å². The molecule has 1 aromatic heterocycles. The van der Waals surface area contributed by atoms with Gasteiger partial charge in [0.25, 0.3) is 0 Å². The van der Waals surface area contributed by atoms with Crippen molar-refractivity contribution >= 4 is 12.2 Å². The fourth-order valence-corrected chi connectivity index (χ4v) is 2.44. The molecule has 0 bridgehead atoms. The SMILES string of the molecule is CCOC(C)(C)Cn1c(-c2ccccc2)c[nH]c1=S. The highest BCUT2D eigenvalue weighted by Gasteiger charge is 2.20. The summed E-state index contributed by atoms with van der Waals surface area (Å²) in [5, 5.41) is 0. The Morgan fingerprint density at radius 1 is 1.26 bits per heavy atom. The van der Waals surface area contributed by atoms with Crippen LogP contribution in [0.4, 0.5) is 0 Å². The monoisotopic (exact) mass is 276 g/mol. The first kappa shape index (κ1) is 14.0. The van der Waals surface area contributed by atoms with Crippen LogP contribution in [0.25, 0.3) is 11.3 Å². The number of hydrogen-bond acceptors (Lipinski definition) is 2. The molecular formula is C15H20N2OS. The maximum absolute atomic E-state index is 5.77. The van der Waals surface area contributed by atoms with Crippen molar-refractivity contribution in [2.75, 3.05) is 6.61 Å². The standard InChI is InChI=1S/C15H20N2OS/c1-4-18-15(2,3)11-17-13(10-16-14(17)19)12-8-6-5-7-9-12/h5-10H,4,11H2,1-3H3,(H,16,19). The predicted molar refractivity (Wildman–Crippen MR) is 80.8 cm³/mol. The van der Waals surface area contributed by atoms with Gasteiger partial charge in [-0.2, -0.15) is 0 Å². The highest BCUT2D eigenvalue weighted by atomic mass is 32.1. The molecule has 0 radical (unpaired) electrons. The zero-order chi connectivity index (χ0) is 13.9. The van der Waals surface area contributed by atoms with Crippen molar-refractivity contribution in [3.05, 3.63) is 41.3 Å². The number of aromatic nitrogens is 2. The molecule has 1 heterocycles. The lowest BCUT2D eigenvalue weighted by molar-refractivity contribution is -0.0223. The summed E-state index contributed by atoms with van der Waals surface area (Å²) in [5.74, 6) is 0. The maximum Gasteiger partial charge on any atom is 0.177 e. The normalized spacial score (nSPS) is 11.7. The van der Waals surface area contributed by atoms with Gasteiger partial charge < -0.3 is 14.3 Å². The maximum atomic E-state index is 5.77. The van der Waals surface area contributed by atoms with E-state index in [0.29, 0.717) is 6.61 Å². The summed E-state index contributed by atoms with van der Waals surface area (Å²) in [7, 11) is 0. The summed E-state index contributed by atoms with van der Waals surface area (Å²) < 4.78 is 8.59. The number of benzene rings is 1. The van der Waals surface area contributed by atoms with Gasteiger partial charge in [0.15, 0.2) is 4.77 Å². The molecule has 2 rings (SSSR count). The first-order valence-corrected chi connectivity index (χ1v) is 6.92. The number of aromatic amines is 1. The average Bonchev–Trinajstić information content (AvgIpc) is 2.71. The summed E-state index contributed by atoms with van der Waals surface area (Å²) in [6.07, 6.45) is 1.96. The van der Waals surface area contributed by atoms with Gasteiger partial charge in [-0.25, -0.2) is 0 Å². The molecule has 1 aromatic carbocycles. The molecule has 0 aliphatic heterocycles. The van der Waals surface area contributed by atoms with E-state index in [1.807, 2.05) is 31.3 Å². The molecule has 0 aliphatic rings. The van der Waals surface area contributed by atoms with E-state index in [1.54, 1.807) is 0 Å². The molecule has 1 N–H and O–H groups in total. The summed E-state index contributed by atoms with van der Waals surface area (Å²) >= 11 is 5.38. The van der Waals surface area contributed by atoms with Crippen LogP contribution in [0.3, 0.4) is 0 Å². The third-order valence-electron chi connectivity index (χ3n) is 3.01. The second kappa shape index (κ2) is 5.72. The molecule has 0 atom stereocenters. The molecule has 0 aliphatic carbocycles. The lowest BCUT2D eigenvalue weighted by Gasteiger charge is -2.26. The summed E-state index contributed by atoms with van der Waals surface area (Å²) in [6, 6.07) is 10.2. The number of hydrogen-bond donors (Lipinski definition) is 1. The second-order valence-corrected chi connectivity index (χ2v) is 5.51. The van der Waals surface area contributed by atoms with Gasteiger partial charge in [-0.15, -0.1) is 0 Å². The quantitative estimate of drug-likeness (QED) is 0.836. The van der Waals surface area contributed by atoms with Crippen LogP contribution in [0, 0.1) is 4.77 Å². The number of H-pyrrole nitrogens is 1. The number of nitrogens with one attached hydrogen (secondary N) is 1. The molecule has 0 saturated heterocycles. The van der Waals surface area contributed by atoms with E-state index in [-0.39, 0.29) is 5.60 Å². The molecule has 0 saturated carbocycles. The molecule has 19 heavy (non-hydrogen) atoms. The highest BCUT2D eigenvalue weighted by molar-refractivity contribution is 7.71. The van der Waals surface area contributed by atoms with Crippen molar-refractivity contribution < 1.29 is 4.74 Å². The molecule has 2 aromatic rings. The summed E-state index contributed by atoms with van der Waals surface area (Å²) in [6.45, 7) is 7.61. The fourth-order valence-electron chi connectivity index (χ4n) is 2.22. The topological polar surface area (TPSA) is 29.9 Å². The Morgan fingerprint density at radius 3 is 2.58 bits per heavy atom. The fraction of sp³-hybridized carbons (Fsp3) is 0.400. The summed E-state index contributed by atoms with van der Waals surface area (Å²) in [4.78, 5) is 3.12. The largest absolute Gasteiger partial charge is 0.374 e. The Morgan fingerprint density at radius 2 is 1.95 bits per heavy atom. The molecule has 102 valence electrons. The van der Waals surface area contributed by atoms with Crippen LogP contribution >= 0.6 is 12.2 Å². The minimum atomic E-state index is -0.237. The lowest BCUT2D eigenvalue weighted by Crippen LogP contribution is -2.30. The Hall–Kier alpha value is -1.39. The lowest BCUT2D eigenvalue weighted by atomic mass is 10.1. The van der Waals surface area contributed by atoms with Crippen LogP contribution in [0.2, 0.25) is 0 Å². The van der Waals surface area contributed by atoms with Crippen LogP contribution in [0.15, 0.2) is 36.5 Å². The number of imidazole rings is 1. The van der Waals surface area contributed by atoms with Crippen molar-refractivity contribution in [1.29, 1.82) is 0 Å². The molecular weight excluding hydrogens is 256 g/mol.